The first-order valence-electron chi connectivity index (χ1n) is 5.58. The zero-order chi connectivity index (χ0) is 14.0. The third kappa shape index (κ3) is 3.05. The number of halogens is 1. The fourth-order valence-electron chi connectivity index (χ4n) is 1.74. The molecule has 1 heterocycles. The summed E-state index contributed by atoms with van der Waals surface area (Å²) in [5.41, 5.74) is 1.22. The highest BCUT2D eigenvalue weighted by molar-refractivity contribution is 9.10. The molecule has 7 heteroatoms. The third-order valence-corrected chi connectivity index (χ3v) is 5.07. The lowest BCUT2D eigenvalue weighted by Gasteiger charge is -2.07. The van der Waals surface area contributed by atoms with Gasteiger partial charge in [-0.2, -0.15) is 0 Å². The van der Waals surface area contributed by atoms with Crippen LogP contribution in [0.1, 0.15) is 17.0 Å². The summed E-state index contributed by atoms with van der Waals surface area (Å²) in [7, 11) is -3.62. The van der Waals surface area contributed by atoms with E-state index < -0.39 is 10.0 Å². The maximum absolute atomic E-state index is 12.2. The van der Waals surface area contributed by atoms with E-state index in [2.05, 4.69) is 25.8 Å². The lowest BCUT2D eigenvalue weighted by atomic mass is 10.2. The van der Waals surface area contributed by atoms with E-state index >= 15 is 0 Å². The Kier molecular flexibility index (Phi) is 4.07. The number of benzene rings is 1. The molecule has 2 rings (SSSR count). The lowest BCUT2D eigenvalue weighted by molar-refractivity contribution is 0.390. The predicted octanol–water partition coefficient (Wildman–Crippen LogP) is 2.53. The quantitative estimate of drug-likeness (QED) is 0.924. The van der Waals surface area contributed by atoms with E-state index in [0.717, 1.165) is 10.0 Å². The molecule has 0 spiro atoms. The van der Waals surface area contributed by atoms with Gasteiger partial charge in [0.05, 0.1) is 0 Å². The van der Waals surface area contributed by atoms with Crippen LogP contribution in [-0.2, 0) is 16.6 Å². The van der Waals surface area contributed by atoms with Gasteiger partial charge in [-0.3, -0.25) is 0 Å². The van der Waals surface area contributed by atoms with Crippen LogP contribution in [0.5, 0.6) is 0 Å². The predicted molar refractivity (Wildman–Crippen MR) is 74.1 cm³/mol. The number of aryl methyl sites for hydroxylation is 2. The van der Waals surface area contributed by atoms with Gasteiger partial charge < -0.3 is 4.52 Å². The highest BCUT2D eigenvalue weighted by Gasteiger charge is 2.23. The fraction of sp³-hybridized carbons (Fsp3) is 0.250. The maximum Gasteiger partial charge on any atom is 0.246 e. The van der Waals surface area contributed by atoms with Gasteiger partial charge >= 0.3 is 0 Å². The van der Waals surface area contributed by atoms with E-state index in [9.17, 15) is 8.42 Å². The Balaban J connectivity index is 2.22. The summed E-state index contributed by atoms with van der Waals surface area (Å²) < 4.78 is 32.7. The number of nitrogens with zero attached hydrogens (tertiary/aromatic N) is 1. The Hall–Kier alpha value is -1.18. The molecule has 1 N–H and O–H groups in total. The van der Waals surface area contributed by atoms with Gasteiger partial charge in [0.1, 0.15) is 10.6 Å². The van der Waals surface area contributed by atoms with Crippen LogP contribution in [0.25, 0.3) is 0 Å². The lowest BCUT2D eigenvalue weighted by Crippen LogP contribution is -2.24. The molecule has 0 atom stereocenters. The maximum atomic E-state index is 12.2. The van der Waals surface area contributed by atoms with Gasteiger partial charge in [0.15, 0.2) is 5.76 Å². The largest absolute Gasteiger partial charge is 0.360 e. The van der Waals surface area contributed by atoms with Crippen LogP contribution in [0.4, 0.5) is 0 Å². The number of hydrogen-bond donors (Lipinski definition) is 1. The van der Waals surface area contributed by atoms with Gasteiger partial charge in [0.2, 0.25) is 10.0 Å². The molecule has 0 radical (unpaired) electrons. The van der Waals surface area contributed by atoms with Crippen LogP contribution in [0.15, 0.2) is 38.2 Å². The topological polar surface area (TPSA) is 72.2 Å². The number of rotatable bonds is 4. The monoisotopic (exact) mass is 344 g/mol. The van der Waals surface area contributed by atoms with Gasteiger partial charge in [0.25, 0.3) is 0 Å². The molecule has 19 heavy (non-hydrogen) atoms. The molecule has 102 valence electrons. The van der Waals surface area contributed by atoms with Crippen molar-refractivity contribution in [3.8, 4) is 0 Å². The minimum absolute atomic E-state index is 0.111. The Morgan fingerprint density at radius 3 is 2.58 bits per heavy atom. The van der Waals surface area contributed by atoms with Crippen molar-refractivity contribution in [1.29, 1.82) is 0 Å². The van der Waals surface area contributed by atoms with Gasteiger partial charge in [-0.05, 0) is 25.5 Å². The Morgan fingerprint density at radius 2 is 2.00 bits per heavy atom. The molecule has 0 aliphatic carbocycles. The van der Waals surface area contributed by atoms with E-state index in [1.54, 1.807) is 13.8 Å². The number of nitrogens with one attached hydrogen (secondary N) is 1. The molecule has 0 saturated heterocycles. The SMILES string of the molecule is Cc1noc(C)c1S(=O)(=O)NCc1ccccc1Br. The first-order chi connectivity index (χ1) is 8.92. The molecule has 0 aliphatic heterocycles. The zero-order valence-corrected chi connectivity index (χ0v) is 12.9. The Labute approximate surface area is 120 Å². The van der Waals surface area contributed by atoms with Crippen molar-refractivity contribution in [2.75, 3.05) is 0 Å². The highest BCUT2D eigenvalue weighted by Crippen LogP contribution is 2.20. The molecule has 2 aromatic rings. The Bertz CT molecular complexity index is 675. The van der Waals surface area contributed by atoms with Gasteiger partial charge in [-0.1, -0.05) is 39.3 Å². The average Bonchev–Trinajstić information content (AvgIpc) is 2.69. The summed E-state index contributed by atoms with van der Waals surface area (Å²) in [6, 6.07) is 7.43. The molecule has 1 aromatic carbocycles. The minimum Gasteiger partial charge on any atom is -0.360 e. The van der Waals surface area contributed by atoms with Crippen LogP contribution < -0.4 is 4.72 Å². The normalized spacial score (nSPS) is 11.7. The molecular weight excluding hydrogens is 332 g/mol. The van der Waals surface area contributed by atoms with E-state index in [0.29, 0.717) is 5.69 Å². The van der Waals surface area contributed by atoms with Crippen molar-refractivity contribution in [2.45, 2.75) is 25.3 Å². The second kappa shape index (κ2) is 5.44. The molecule has 0 fully saturated rings. The van der Waals surface area contributed by atoms with Crippen molar-refractivity contribution >= 4 is 26.0 Å². The van der Waals surface area contributed by atoms with E-state index in [1.165, 1.54) is 0 Å². The molecule has 0 unspecified atom stereocenters. The molecular formula is C12H13BrN2O3S. The van der Waals surface area contributed by atoms with Crippen molar-refractivity contribution in [3.05, 3.63) is 45.8 Å². The summed E-state index contributed by atoms with van der Waals surface area (Å²) in [6.45, 7) is 3.38. The number of aromatic nitrogens is 1. The van der Waals surface area contributed by atoms with E-state index in [1.807, 2.05) is 24.3 Å². The molecule has 0 amide bonds. The van der Waals surface area contributed by atoms with E-state index in [4.69, 9.17) is 4.52 Å². The number of hydrogen-bond acceptors (Lipinski definition) is 4. The smallest absolute Gasteiger partial charge is 0.246 e. The van der Waals surface area contributed by atoms with Crippen molar-refractivity contribution < 1.29 is 12.9 Å². The Morgan fingerprint density at radius 1 is 1.32 bits per heavy atom. The summed E-state index contributed by atoms with van der Waals surface area (Å²) in [5, 5.41) is 3.65. The van der Waals surface area contributed by atoms with Crippen molar-refractivity contribution in [3.63, 3.8) is 0 Å². The molecule has 0 saturated carbocycles. The summed E-state index contributed by atoms with van der Waals surface area (Å²) >= 11 is 3.38. The van der Waals surface area contributed by atoms with Crippen LogP contribution >= 0.6 is 15.9 Å². The van der Waals surface area contributed by atoms with Crippen LogP contribution in [0, 0.1) is 13.8 Å². The second-order valence-corrected chi connectivity index (χ2v) is 6.63. The first kappa shape index (κ1) is 14.2. The summed E-state index contributed by atoms with van der Waals surface area (Å²) in [4.78, 5) is 0.111. The number of sulfonamides is 1. The van der Waals surface area contributed by atoms with Crippen LogP contribution in [0.2, 0.25) is 0 Å². The fourth-order valence-corrected chi connectivity index (χ4v) is 3.50. The van der Waals surface area contributed by atoms with Gasteiger partial charge in [-0.15, -0.1) is 0 Å². The zero-order valence-electron chi connectivity index (χ0n) is 10.5. The summed E-state index contributed by atoms with van der Waals surface area (Å²) in [5.74, 6) is 0.289. The van der Waals surface area contributed by atoms with Crippen LogP contribution in [-0.4, -0.2) is 13.6 Å². The minimum atomic E-state index is -3.62. The van der Waals surface area contributed by atoms with Crippen molar-refractivity contribution in [2.24, 2.45) is 0 Å². The summed E-state index contributed by atoms with van der Waals surface area (Å²) in [6.07, 6.45) is 0. The van der Waals surface area contributed by atoms with E-state index in [-0.39, 0.29) is 17.2 Å². The second-order valence-electron chi connectivity index (χ2n) is 4.07. The molecule has 0 aliphatic rings. The van der Waals surface area contributed by atoms with Crippen LogP contribution in [0.3, 0.4) is 0 Å². The van der Waals surface area contributed by atoms with Gasteiger partial charge in [-0.25, -0.2) is 13.1 Å². The third-order valence-electron chi connectivity index (χ3n) is 2.65. The van der Waals surface area contributed by atoms with Gasteiger partial charge in [0, 0.05) is 11.0 Å². The average molecular weight is 345 g/mol. The molecule has 5 nitrogen and oxygen atoms in total. The molecule has 0 bridgehead atoms. The first-order valence-corrected chi connectivity index (χ1v) is 7.85. The highest BCUT2D eigenvalue weighted by atomic mass is 79.9. The standard InChI is InChI=1S/C12H13BrN2O3S/c1-8-12(9(2)18-15-8)19(16,17)14-7-10-5-3-4-6-11(10)13/h3-6,14H,7H2,1-2H3. The van der Waals surface area contributed by atoms with Crippen molar-refractivity contribution in [1.82, 2.24) is 9.88 Å². The molecule has 1 aromatic heterocycles.